The van der Waals surface area contributed by atoms with Crippen LogP contribution in [0.3, 0.4) is 0 Å². The van der Waals surface area contributed by atoms with Crippen LogP contribution >= 0.6 is 0 Å². The van der Waals surface area contributed by atoms with Gasteiger partial charge in [0.25, 0.3) is 6.43 Å². The zero-order chi connectivity index (χ0) is 14.5. The number of alkyl halides is 2. The second-order valence-electron chi connectivity index (χ2n) is 4.41. The number of benzene rings is 1. The summed E-state index contributed by atoms with van der Waals surface area (Å²) in [5.74, 6) is -0.767. The molecule has 3 nitrogen and oxygen atoms in total. The number of hydrogen-bond donors (Lipinski definition) is 1. The van der Waals surface area contributed by atoms with Crippen molar-refractivity contribution in [1.82, 2.24) is 0 Å². The molecule has 0 aromatic heterocycles. The highest BCUT2D eigenvalue weighted by molar-refractivity contribution is 5.72. The Morgan fingerprint density at radius 3 is 2.47 bits per heavy atom. The Hall–Kier alpha value is -1.75. The van der Waals surface area contributed by atoms with E-state index < -0.39 is 24.4 Å². The molecule has 1 aromatic rings. The number of methoxy groups -OCH3 is 1. The number of esters is 1. The van der Waals surface area contributed by atoms with E-state index in [0.29, 0.717) is 0 Å². The minimum Gasteiger partial charge on any atom is -0.469 e. The van der Waals surface area contributed by atoms with Gasteiger partial charge in [0, 0.05) is 0 Å². The molecule has 0 heterocycles. The van der Waals surface area contributed by atoms with Crippen molar-refractivity contribution in [3.05, 3.63) is 41.5 Å². The summed E-state index contributed by atoms with van der Waals surface area (Å²) < 4.78 is 30.3. The van der Waals surface area contributed by atoms with E-state index in [9.17, 15) is 13.6 Å². The summed E-state index contributed by atoms with van der Waals surface area (Å²) in [5.41, 5.74) is 5.35. The smallest absolute Gasteiger partial charge is 0.307 e. The van der Waals surface area contributed by atoms with E-state index in [1.165, 1.54) is 6.08 Å². The predicted octanol–water partition coefficient (Wildman–Crippen LogP) is 2.53. The number of rotatable bonds is 5. The zero-order valence-corrected chi connectivity index (χ0v) is 10.9. The van der Waals surface area contributed by atoms with Crippen LogP contribution in [-0.4, -0.2) is 25.0 Å². The third kappa shape index (κ3) is 4.44. The Balaban J connectivity index is 2.88. The van der Waals surface area contributed by atoms with Crippen molar-refractivity contribution < 1.29 is 18.3 Å². The van der Waals surface area contributed by atoms with Crippen LogP contribution < -0.4 is 5.73 Å². The van der Waals surface area contributed by atoms with Gasteiger partial charge in [0.2, 0.25) is 0 Å². The van der Waals surface area contributed by atoms with Gasteiger partial charge in [-0.25, -0.2) is 8.78 Å². The fourth-order valence-corrected chi connectivity index (χ4v) is 1.46. The Labute approximate surface area is 111 Å². The minimum atomic E-state index is -2.85. The average Bonchev–Trinajstić information content (AvgIpc) is 2.37. The molecule has 0 fully saturated rings. The lowest BCUT2D eigenvalue weighted by atomic mass is 9.95. The molecule has 19 heavy (non-hydrogen) atoms. The van der Waals surface area contributed by atoms with Crippen LogP contribution in [0, 0.1) is 6.92 Å². The first-order valence-corrected chi connectivity index (χ1v) is 5.77. The largest absolute Gasteiger partial charge is 0.469 e. The van der Waals surface area contributed by atoms with Crippen LogP contribution in [0.1, 0.15) is 17.5 Å². The first-order valence-electron chi connectivity index (χ1n) is 5.77. The second-order valence-corrected chi connectivity index (χ2v) is 4.41. The van der Waals surface area contributed by atoms with E-state index in [0.717, 1.165) is 24.3 Å². The molecule has 0 spiro atoms. The average molecular weight is 269 g/mol. The van der Waals surface area contributed by atoms with Crippen molar-refractivity contribution in [1.29, 1.82) is 0 Å². The Bertz CT molecular complexity index is 457. The first-order chi connectivity index (χ1) is 8.87. The van der Waals surface area contributed by atoms with Crippen molar-refractivity contribution in [2.24, 2.45) is 5.73 Å². The fraction of sp³-hybridized carbons (Fsp3) is 0.357. The molecule has 1 unspecified atom stereocenters. The SMILES string of the molecule is COC(=O)CC(N)(/C=C/c1ccc(C)cc1)C(F)F. The number of ether oxygens (including phenoxy) is 1. The van der Waals surface area contributed by atoms with Crippen LogP contribution in [-0.2, 0) is 9.53 Å². The quantitative estimate of drug-likeness (QED) is 0.836. The minimum absolute atomic E-state index is 0.566. The molecular formula is C14H17F2NO2. The van der Waals surface area contributed by atoms with Gasteiger partial charge in [0.1, 0.15) is 5.54 Å². The summed E-state index contributed by atoms with van der Waals surface area (Å²) in [6, 6.07) is 7.30. The fourth-order valence-electron chi connectivity index (χ4n) is 1.46. The normalized spacial score (nSPS) is 14.6. The summed E-state index contributed by atoms with van der Waals surface area (Å²) in [6.45, 7) is 1.93. The van der Waals surface area contributed by atoms with Gasteiger partial charge in [-0.1, -0.05) is 42.0 Å². The van der Waals surface area contributed by atoms with Crippen LogP contribution in [0.2, 0.25) is 0 Å². The third-order valence-corrected chi connectivity index (χ3v) is 2.75. The standard InChI is InChI=1S/C14H17F2NO2/c1-10-3-5-11(6-4-10)7-8-14(17,13(15)16)9-12(18)19-2/h3-8,13H,9,17H2,1-2H3/b8-7+. The predicted molar refractivity (Wildman–Crippen MR) is 69.8 cm³/mol. The van der Waals surface area contributed by atoms with Crippen molar-refractivity contribution in [3.63, 3.8) is 0 Å². The van der Waals surface area contributed by atoms with Gasteiger partial charge in [0.05, 0.1) is 13.5 Å². The van der Waals surface area contributed by atoms with Crippen LogP contribution in [0.5, 0.6) is 0 Å². The van der Waals surface area contributed by atoms with Crippen molar-refractivity contribution >= 4 is 12.0 Å². The monoisotopic (exact) mass is 269 g/mol. The van der Waals surface area contributed by atoms with Gasteiger partial charge in [-0.05, 0) is 12.5 Å². The maximum absolute atomic E-state index is 13.0. The van der Waals surface area contributed by atoms with Crippen LogP contribution in [0.4, 0.5) is 8.78 Å². The highest BCUT2D eigenvalue weighted by Gasteiger charge is 2.36. The van der Waals surface area contributed by atoms with Crippen molar-refractivity contribution in [2.45, 2.75) is 25.3 Å². The number of aryl methyl sites for hydroxylation is 1. The van der Waals surface area contributed by atoms with Crippen LogP contribution in [0.25, 0.3) is 6.08 Å². The maximum atomic E-state index is 13.0. The molecule has 0 aliphatic heterocycles. The number of hydrogen-bond acceptors (Lipinski definition) is 3. The maximum Gasteiger partial charge on any atom is 0.307 e. The molecule has 0 saturated heterocycles. The third-order valence-electron chi connectivity index (χ3n) is 2.75. The number of nitrogens with two attached hydrogens (primary N) is 1. The Kier molecular flexibility index (Phi) is 5.18. The lowest BCUT2D eigenvalue weighted by Crippen LogP contribution is -2.47. The van der Waals surface area contributed by atoms with Crippen LogP contribution in [0.15, 0.2) is 30.3 Å². The number of carbonyl (C=O) groups excluding carboxylic acids is 1. The molecular weight excluding hydrogens is 252 g/mol. The Morgan fingerprint density at radius 2 is 2.00 bits per heavy atom. The molecule has 1 aromatic carbocycles. The van der Waals surface area contributed by atoms with Gasteiger partial charge >= 0.3 is 5.97 Å². The lowest BCUT2D eigenvalue weighted by Gasteiger charge is -2.23. The zero-order valence-electron chi connectivity index (χ0n) is 10.9. The molecule has 0 aliphatic carbocycles. The molecule has 104 valence electrons. The van der Waals surface area contributed by atoms with E-state index in [1.807, 2.05) is 19.1 Å². The molecule has 0 radical (unpaired) electrons. The van der Waals surface area contributed by atoms with Gasteiger partial charge in [0.15, 0.2) is 0 Å². The molecule has 0 aliphatic rings. The summed E-state index contributed by atoms with van der Waals surface area (Å²) in [7, 11) is 1.14. The second kappa shape index (κ2) is 6.43. The van der Waals surface area contributed by atoms with Gasteiger partial charge in [-0.2, -0.15) is 0 Å². The van der Waals surface area contributed by atoms with E-state index in [4.69, 9.17) is 5.73 Å². The molecule has 0 bridgehead atoms. The van der Waals surface area contributed by atoms with Gasteiger partial charge in [-0.3, -0.25) is 4.79 Å². The highest BCUT2D eigenvalue weighted by Crippen LogP contribution is 2.21. The van der Waals surface area contributed by atoms with Crippen molar-refractivity contribution in [3.8, 4) is 0 Å². The molecule has 0 amide bonds. The Morgan fingerprint density at radius 1 is 1.42 bits per heavy atom. The topological polar surface area (TPSA) is 52.3 Å². The van der Waals surface area contributed by atoms with E-state index in [-0.39, 0.29) is 0 Å². The number of halogens is 2. The molecule has 1 atom stereocenters. The van der Waals surface area contributed by atoms with Gasteiger partial charge in [-0.15, -0.1) is 0 Å². The molecule has 5 heteroatoms. The summed E-state index contributed by atoms with van der Waals surface area (Å²) in [4.78, 5) is 11.1. The van der Waals surface area contributed by atoms with Crippen molar-refractivity contribution in [2.75, 3.05) is 7.11 Å². The molecule has 1 rings (SSSR count). The van der Waals surface area contributed by atoms with E-state index in [2.05, 4.69) is 4.74 Å². The summed E-state index contributed by atoms with van der Waals surface area (Å²) in [5, 5.41) is 0. The van der Waals surface area contributed by atoms with E-state index >= 15 is 0 Å². The summed E-state index contributed by atoms with van der Waals surface area (Å²) in [6.07, 6.45) is -0.787. The van der Waals surface area contributed by atoms with Gasteiger partial charge < -0.3 is 10.5 Å². The first kappa shape index (κ1) is 15.3. The highest BCUT2D eigenvalue weighted by atomic mass is 19.3. The summed E-state index contributed by atoms with van der Waals surface area (Å²) >= 11 is 0. The molecule has 2 N–H and O–H groups in total. The molecule has 0 saturated carbocycles. The number of carbonyl (C=O) groups is 1. The van der Waals surface area contributed by atoms with E-state index in [1.54, 1.807) is 12.1 Å². The lowest BCUT2D eigenvalue weighted by molar-refractivity contribution is -0.143.